The molecule has 0 aliphatic rings. The molecule has 1 unspecified atom stereocenters. The van der Waals surface area contributed by atoms with Gasteiger partial charge in [-0.2, -0.15) is 18.0 Å². The molecule has 0 spiro atoms. The molecule has 39 heavy (non-hydrogen) atoms. The number of anilines is 1. The number of rotatable bonds is 7. The van der Waals surface area contributed by atoms with Crippen molar-refractivity contribution in [2.75, 3.05) is 4.90 Å². The van der Waals surface area contributed by atoms with Crippen LogP contribution in [-0.4, -0.2) is 37.6 Å². The van der Waals surface area contributed by atoms with Gasteiger partial charge in [-0.15, -0.1) is 21.5 Å². The molecule has 2 heterocycles. The lowest BCUT2D eigenvalue weighted by atomic mass is 10.1. The number of tetrazole rings is 1. The maximum absolute atomic E-state index is 13.8. The number of thiophene rings is 1. The number of carbonyl (C=O) groups is 2. The topological polar surface area (TPSA) is 93.0 Å². The summed E-state index contributed by atoms with van der Waals surface area (Å²) < 4.78 is 40.8. The minimum Gasteiger partial charge on any atom is -0.349 e. The minimum atomic E-state index is -4.65. The zero-order chi connectivity index (χ0) is 28.4. The van der Waals surface area contributed by atoms with Crippen LogP contribution in [0.3, 0.4) is 0 Å². The first-order chi connectivity index (χ1) is 18.3. The first kappa shape index (κ1) is 28.0. The van der Waals surface area contributed by atoms with Crippen LogP contribution in [0.15, 0.2) is 66.0 Å². The van der Waals surface area contributed by atoms with Gasteiger partial charge in [0.1, 0.15) is 12.6 Å². The van der Waals surface area contributed by atoms with E-state index in [2.05, 4.69) is 20.7 Å². The molecule has 2 aromatic carbocycles. The number of aromatic nitrogens is 4. The van der Waals surface area contributed by atoms with Crippen LogP contribution in [-0.2, 0) is 22.3 Å². The second kappa shape index (κ2) is 11.0. The van der Waals surface area contributed by atoms with Gasteiger partial charge in [-0.25, -0.2) is 0 Å². The summed E-state index contributed by atoms with van der Waals surface area (Å²) in [6.07, 6.45) is -4.65. The van der Waals surface area contributed by atoms with Crippen LogP contribution in [0.25, 0.3) is 11.4 Å². The number of alkyl halides is 3. The smallest absolute Gasteiger partial charge is 0.349 e. The summed E-state index contributed by atoms with van der Waals surface area (Å²) in [6, 6.07) is 13.9. The molecule has 2 amide bonds. The monoisotopic (exact) mass is 556 g/mol. The third-order valence-corrected chi connectivity index (χ3v) is 6.50. The molecule has 2 aromatic heterocycles. The Balaban J connectivity index is 1.75. The Morgan fingerprint density at radius 3 is 2.38 bits per heavy atom. The van der Waals surface area contributed by atoms with E-state index in [0.29, 0.717) is 10.4 Å². The first-order valence-electron chi connectivity index (χ1n) is 12.0. The first-order valence-corrected chi connectivity index (χ1v) is 12.9. The van der Waals surface area contributed by atoms with Crippen molar-refractivity contribution in [3.05, 3.63) is 82.0 Å². The predicted molar refractivity (Wildman–Crippen MR) is 142 cm³/mol. The molecule has 0 fully saturated rings. The third-order valence-electron chi connectivity index (χ3n) is 5.58. The summed E-state index contributed by atoms with van der Waals surface area (Å²) in [6.45, 7) is 6.81. The fourth-order valence-electron chi connectivity index (χ4n) is 3.85. The third kappa shape index (κ3) is 6.88. The van der Waals surface area contributed by atoms with Crippen molar-refractivity contribution >= 4 is 28.8 Å². The van der Waals surface area contributed by atoms with Crippen molar-refractivity contribution in [2.24, 2.45) is 0 Å². The van der Waals surface area contributed by atoms with Gasteiger partial charge in [0.15, 0.2) is 0 Å². The van der Waals surface area contributed by atoms with Gasteiger partial charge in [0.25, 0.3) is 5.91 Å². The molecule has 4 rings (SSSR count). The minimum absolute atomic E-state index is 0.0869. The molecule has 0 saturated carbocycles. The summed E-state index contributed by atoms with van der Waals surface area (Å²) in [7, 11) is 0. The van der Waals surface area contributed by atoms with Gasteiger partial charge >= 0.3 is 6.18 Å². The van der Waals surface area contributed by atoms with Crippen LogP contribution >= 0.6 is 11.3 Å². The summed E-state index contributed by atoms with van der Waals surface area (Å²) in [5, 5.41) is 16.8. The lowest BCUT2D eigenvalue weighted by molar-refractivity contribution is -0.137. The van der Waals surface area contributed by atoms with Gasteiger partial charge < -0.3 is 5.32 Å². The van der Waals surface area contributed by atoms with Crippen LogP contribution in [0.5, 0.6) is 0 Å². The highest BCUT2D eigenvalue weighted by Crippen LogP contribution is 2.36. The number of benzene rings is 2. The summed E-state index contributed by atoms with van der Waals surface area (Å²) in [5.74, 6) is -0.944. The summed E-state index contributed by atoms with van der Waals surface area (Å²) >= 11 is 1.22. The van der Waals surface area contributed by atoms with E-state index in [1.165, 1.54) is 23.5 Å². The number of carbonyl (C=O) groups excluding carboxylic acids is 2. The second-order valence-electron chi connectivity index (χ2n) is 9.98. The average molecular weight is 557 g/mol. The molecule has 12 heteroatoms. The molecular weight excluding hydrogens is 529 g/mol. The Labute approximate surface area is 227 Å². The number of nitrogens with one attached hydrogen (secondary N) is 1. The zero-order valence-corrected chi connectivity index (χ0v) is 22.5. The second-order valence-corrected chi connectivity index (χ2v) is 11.0. The number of halogens is 3. The summed E-state index contributed by atoms with van der Waals surface area (Å²) in [4.78, 5) is 30.0. The number of aryl methyl sites for hydroxylation is 1. The predicted octanol–water partition coefficient (Wildman–Crippen LogP) is 5.42. The van der Waals surface area contributed by atoms with Gasteiger partial charge in [0, 0.05) is 21.7 Å². The Bertz CT molecular complexity index is 1440. The number of hydrogen-bond donors (Lipinski definition) is 1. The normalized spacial score (nSPS) is 12.7. The molecule has 8 nitrogen and oxygen atoms in total. The van der Waals surface area contributed by atoms with Gasteiger partial charge in [0.05, 0.1) is 5.56 Å². The Morgan fingerprint density at radius 2 is 1.77 bits per heavy atom. The molecule has 4 aromatic rings. The van der Waals surface area contributed by atoms with E-state index < -0.39 is 41.7 Å². The maximum atomic E-state index is 13.8. The van der Waals surface area contributed by atoms with Gasteiger partial charge in [0.2, 0.25) is 11.7 Å². The highest BCUT2D eigenvalue weighted by Gasteiger charge is 2.37. The molecule has 0 aliphatic carbocycles. The molecule has 0 aliphatic heterocycles. The number of nitrogens with zero attached hydrogens (tertiary/aromatic N) is 5. The van der Waals surface area contributed by atoms with Crippen LogP contribution < -0.4 is 10.2 Å². The number of amides is 2. The van der Waals surface area contributed by atoms with Crippen molar-refractivity contribution in [2.45, 2.75) is 52.0 Å². The van der Waals surface area contributed by atoms with E-state index in [1.807, 2.05) is 31.2 Å². The van der Waals surface area contributed by atoms with E-state index in [-0.39, 0.29) is 11.5 Å². The quantitative estimate of drug-likeness (QED) is 0.328. The van der Waals surface area contributed by atoms with E-state index in [9.17, 15) is 22.8 Å². The van der Waals surface area contributed by atoms with Crippen molar-refractivity contribution in [1.29, 1.82) is 0 Å². The average Bonchev–Trinajstić information content (AvgIpc) is 3.54. The van der Waals surface area contributed by atoms with Gasteiger partial charge in [-0.05, 0) is 62.6 Å². The molecule has 0 saturated heterocycles. The Hall–Kier alpha value is -4.06. The number of hydrogen-bond acceptors (Lipinski definition) is 6. The lowest BCUT2D eigenvalue weighted by Gasteiger charge is -2.33. The highest BCUT2D eigenvalue weighted by atomic mass is 32.1. The summed E-state index contributed by atoms with van der Waals surface area (Å²) in [5.41, 5.74) is 0.0443. The highest BCUT2D eigenvalue weighted by molar-refractivity contribution is 7.10. The van der Waals surface area contributed by atoms with Crippen LogP contribution in [0, 0.1) is 6.92 Å². The zero-order valence-electron chi connectivity index (χ0n) is 21.7. The van der Waals surface area contributed by atoms with Crippen LogP contribution in [0.4, 0.5) is 18.9 Å². The standard InChI is InChI=1S/C27H27F3N6O2S/c1-17-10-12-18(13-11-17)24-32-34-35(33-24)16-22(37)36(20-8-5-7-19(15-20)27(28,29)30)23(21-9-6-14-39-21)25(38)31-26(2,3)4/h5-15,23H,16H2,1-4H3,(H,31,38). The molecule has 204 valence electrons. The lowest BCUT2D eigenvalue weighted by Crippen LogP contribution is -2.50. The molecular formula is C27H27F3N6O2S. The van der Waals surface area contributed by atoms with Crippen molar-refractivity contribution in [3.8, 4) is 11.4 Å². The maximum Gasteiger partial charge on any atom is 0.416 e. The van der Waals surface area contributed by atoms with Crippen molar-refractivity contribution in [3.63, 3.8) is 0 Å². The van der Waals surface area contributed by atoms with E-state index in [4.69, 9.17) is 0 Å². The van der Waals surface area contributed by atoms with Crippen molar-refractivity contribution < 1.29 is 22.8 Å². The Morgan fingerprint density at radius 1 is 1.05 bits per heavy atom. The SMILES string of the molecule is Cc1ccc(-c2nnn(CC(=O)N(c3cccc(C(F)(F)F)c3)C(C(=O)NC(C)(C)C)c3cccs3)n2)cc1. The largest absolute Gasteiger partial charge is 0.416 e. The molecule has 1 atom stereocenters. The molecule has 1 N–H and O–H groups in total. The van der Waals surface area contributed by atoms with Crippen LogP contribution in [0.1, 0.15) is 42.8 Å². The van der Waals surface area contributed by atoms with Crippen LogP contribution in [0.2, 0.25) is 0 Å². The Kier molecular flexibility index (Phi) is 7.86. The molecule has 0 bridgehead atoms. The van der Waals surface area contributed by atoms with E-state index >= 15 is 0 Å². The van der Waals surface area contributed by atoms with E-state index in [0.717, 1.165) is 27.4 Å². The fourth-order valence-corrected chi connectivity index (χ4v) is 4.67. The van der Waals surface area contributed by atoms with Gasteiger partial charge in [-0.1, -0.05) is 42.0 Å². The van der Waals surface area contributed by atoms with Gasteiger partial charge in [-0.3, -0.25) is 14.5 Å². The fraction of sp³-hybridized carbons (Fsp3) is 0.296. The molecule has 0 radical (unpaired) electrons. The van der Waals surface area contributed by atoms with Crippen molar-refractivity contribution in [1.82, 2.24) is 25.5 Å². The van der Waals surface area contributed by atoms with E-state index in [1.54, 1.807) is 38.3 Å².